The monoisotopic (exact) mass is 433 g/mol. The average Bonchev–Trinajstić information content (AvgIpc) is 3.32. The zero-order valence-corrected chi connectivity index (χ0v) is 18.3. The molecule has 0 saturated carbocycles. The first-order chi connectivity index (χ1) is 14.7. The van der Waals surface area contributed by atoms with Crippen molar-refractivity contribution < 1.29 is 4.79 Å². The van der Waals surface area contributed by atoms with Gasteiger partial charge in [-0.05, 0) is 41.3 Å². The highest BCUT2D eigenvalue weighted by atomic mass is 32.2. The molecule has 0 spiro atoms. The lowest BCUT2D eigenvalue weighted by atomic mass is 10.1. The van der Waals surface area contributed by atoms with Crippen LogP contribution in [0, 0.1) is 11.3 Å². The first-order valence-electron chi connectivity index (χ1n) is 9.98. The molecule has 0 N–H and O–H groups in total. The molecule has 6 heteroatoms. The van der Waals surface area contributed by atoms with E-state index in [1.165, 1.54) is 10.4 Å². The third-order valence-electron chi connectivity index (χ3n) is 5.22. The molecule has 3 aromatic rings. The Hall–Kier alpha value is -2.59. The number of hydrogen-bond acceptors (Lipinski definition) is 5. The summed E-state index contributed by atoms with van der Waals surface area (Å²) in [6.45, 7) is 4.03. The molecule has 2 aromatic carbocycles. The molecule has 1 aliphatic rings. The Morgan fingerprint density at radius 3 is 2.47 bits per heavy atom. The van der Waals surface area contributed by atoms with Crippen LogP contribution in [-0.4, -0.2) is 41.9 Å². The number of carbonyl (C=O) groups excluding carboxylic acids is 1. The van der Waals surface area contributed by atoms with Crippen molar-refractivity contribution in [3.05, 3.63) is 87.6 Å². The third-order valence-corrected chi connectivity index (χ3v) is 7.40. The molecule has 2 heterocycles. The average molecular weight is 434 g/mol. The third kappa shape index (κ3) is 5.11. The van der Waals surface area contributed by atoms with Gasteiger partial charge in [-0.25, -0.2) is 0 Å². The zero-order chi connectivity index (χ0) is 20.8. The summed E-state index contributed by atoms with van der Waals surface area (Å²) in [4.78, 5) is 19.9. The Bertz CT molecular complexity index is 1020. The topological polar surface area (TPSA) is 47.3 Å². The highest BCUT2D eigenvalue weighted by molar-refractivity contribution is 7.98. The van der Waals surface area contributed by atoms with Crippen molar-refractivity contribution in [2.24, 2.45) is 0 Å². The summed E-state index contributed by atoms with van der Waals surface area (Å²) in [5, 5.41) is 11.0. The lowest BCUT2D eigenvalue weighted by Crippen LogP contribution is -2.48. The van der Waals surface area contributed by atoms with E-state index in [-0.39, 0.29) is 5.91 Å². The van der Waals surface area contributed by atoms with Gasteiger partial charge in [-0.1, -0.05) is 30.3 Å². The predicted octanol–water partition coefficient (Wildman–Crippen LogP) is 4.87. The van der Waals surface area contributed by atoms with Gasteiger partial charge in [-0.3, -0.25) is 9.69 Å². The molecular weight excluding hydrogens is 410 g/mol. The Balaban J connectivity index is 1.34. The van der Waals surface area contributed by atoms with Crippen LogP contribution in [0.1, 0.15) is 26.4 Å². The number of piperazine rings is 1. The Morgan fingerprint density at radius 2 is 1.77 bits per heavy atom. The van der Waals surface area contributed by atoms with Crippen molar-refractivity contribution >= 4 is 29.0 Å². The second-order valence-electron chi connectivity index (χ2n) is 7.24. The Labute approximate surface area is 185 Å². The summed E-state index contributed by atoms with van der Waals surface area (Å²) in [5.41, 5.74) is 2.69. The number of nitrogens with zero attached hydrogens (tertiary/aromatic N) is 3. The SMILES string of the molecule is N#Cc1ccc(CN2CCN(C(=O)c3ccccc3SCc3cccs3)CC2)cc1. The van der Waals surface area contributed by atoms with Crippen LogP contribution < -0.4 is 0 Å². The predicted molar refractivity (Wildman–Crippen MR) is 123 cm³/mol. The minimum atomic E-state index is 0.127. The second kappa shape index (κ2) is 9.94. The summed E-state index contributed by atoms with van der Waals surface area (Å²) in [6, 6.07) is 22.0. The lowest BCUT2D eigenvalue weighted by Gasteiger charge is -2.35. The molecule has 4 nitrogen and oxygen atoms in total. The van der Waals surface area contributed by atoms with Gasteiger partial charge in [-0.15, -0.1) is 23.1 Å². The molecule has 1 aromatic heterocycles. The van der Waals surface area contributed by atoms with Crippen LogP contribution in [0.4, 0.5) is 0 Å². The van der Waals surface area contributed by atoms with Gasteiger partial charge in [0.1, 0.15) is 0 Å². The van der Waals surface area contributed by atoms with Crippen molar-refractivity contribution in [1.82, 2.24) is 9.80 Å². The van der Waals surface area contributed by atoms with Crippen LogP contribution in [0.25, 0.3) is 0 Å². The summed E-state index contributed by atoms with van der Waals surface area (Å²) in [6.07, 6.45) is 0. The number of carbonyl (C=O) groups is 1. The normalized spacial score (nSPS) is 14.4. The highest BCUT2D eigenvalue weighted by Crippen LogP contribution is 2.29. The van der Waals surface area contributed by atoms with Crippen molar-refractivity contribution in [2.75, 3.05) is 26.2 Å². The smallest absolute Gasteiger partial charge is 0.255 e. The molecule has 1 amide bonds. The van der Waals surface area contributed by atoms with Crippen LogP contribution in [0.2, 0.25) is 0 Å². The lowest BCUT2D eigenvalue weighted by molar-refractivity contribution is 0.0625. The maximum atomic E-state index is 13.2. The van der Waals surface area contributed by atoms with Gasteiger partial charge in [0.05, 0.1) is 17.2 Å². The largest absolute Gasteiger partial charge is 0.336 e. The number of nitriles is 1. The van der Waals surface area contributed by atoms with E-state index in [0.717, 1.165) is 48.9 Å². The quantitative estimate of drug-likeness (QED) is 0.521. The first-order valence-corrected chi connectivity index (χ1v) is 11.8. The summed E-state index contributed by atoms with van der Waals surface area (Å²) in [5.74, 6) is 1.02. The molecule has 0 bridgehead atoms. The van der Waals surface area contributed by atoms with Crippen LogP contribution >= 0.6 is 23.1 Å². The number of thiophene rings is 1. The Morgan fingerprint density at radius 1 is 1.00 bits per heavy atom. The van der Waals surface area contributed by atoms with Gasteiger partial charge in [0, 0.05) is 48.2 Å². The van der Waals surface area contributed by atoms with Crippen molar-refractivity contribution in [3.63, 3.8) is 0 Å². The van der Waals surface area contributed by atoms with Crippen LogP contribution in [0.15, 0.2) is 70.9 Å². The number of hydrogen-bond donors (Lipinski definition) is 0. The molecule has 1 aliphatic heterocycles. The van der Waals surface area contributed by atoms with Crippen LogP contribution in [0.3, 0.4) is 0 Å². The molecule has 0 unspecified atom stereocenters. The van der Waals surface area contributed by atoms with Gasteiger partial charge in [0.25, 0.3) is 5.91 Å². The molecular formula is C24H23N3OS2. The van der Waals surface area contributed by atoms with E-state index >= 15 is 0 Å². The fourth-order valence-electron chi connectivity index (χ4n) is 3.54. The van der Waals surface area contributed by atoms with E-state index in [2.05, 4.69) is 28.5 Å². The minimum absolute atomic E-state index is 0.127. The highest BCUT2D eigenvalue weighted by Gasteiger charge is 2.24. The van der Waals surface area contributed by atoms with E-state index in [1.807, 2.05) is 53.4 Å². The Kier molecular flexibility index (Phi) is 6.85. The van der Waals surface area contributed by atoms with E-state index in [0.29, 0.717) is 5.56 Å². The number of benzene rings is 2. The number of amides is 1. The number of rotatable bonds is 6. The number of thioether (sulfide) groups is 1. The van der Waals surface area contributed by atoms with Gasteiger partial charge in [-0.2, -0.15) is 5.26 Å². The van der Waals surface area contributed by atoms with E-state index in [4.69, 9.17) is 5.26 Å². The minimum Gasteiger partial charge on any atom is -0.336 e. The van der Waals surface area contributed by atoms with E-state index in [1.54, 1.807) is 23.1 Å². The molecule has 0 atom stereocenters. The van der Waals surface area contributed by atoms with E-state index in [9.17, 15) is 4.79 Å². The maximum Gasteiger partial charge on any atom is 0.255 e. The van der Waals surface area contributed by atoms with Crippen molar-refractivity contribution in [3.8, 4) is 6.07 Å². The first kappa shape index (κ1) is 20.7. The molecule has 0 radical (unpaired) electrons. The maximum absolute atomic E-state index is 13.2. The molecule has 1 saturated heterocycles. The molecule has 0 aliphatic carbocycles. The van der Waals surface area contributed by atoms with Crippen LogP contribution in [0.5, 0.6) is 0 Å². The standard InChI is InChI=1S/C24H23N3OS2/c25-16-19-7-9-20(10-8-19)17-26-11-13-27(14-12-26)24(28)22-5-1-2-6-23(22)30-18-21-4-3-15-29-21/h1-10,15H,11-14,17-18H2. The van der Waals surface area contributed by atoms with Gasteiger partial charge < -0.3 is 4.90 Å². The fourth-order valence-corrected chi connectivity index (χ4v) is 5.35. The summed E-state index contributed by atoms with van der Waals surface area (Å²) < 4.78 is 0. The zero-order valence-electron chi connectivity index (χ0n) is 16.7. The van der Waals surface area contributed by atoms with Gasteiger partial charge in [0.2, 0.25) is 0 Å². The summed E-state index contributed by atoms with van der Waals surface area (Å²) >= 11 is 3.48. The van der Waals surface area contributed by atoms with Crippen molar-refractivity contribution in [1.29, 1.82) is 5.26 Å². The molecule has 4 rings (SSSR count). The van der Waals surface area contributed by atoms with Crippen molar-refractivity contribution in [2.45, 2.75) is 17.2 Å². The molecule has 1 fully saturated rings. The second-order valence-corrected chi connectivity index (χ2v) is 9.29. The van der Waals surface area contributed by atoms with Gasteiger partial charge in [0.15, 0.2) is 0 Å². The van der Waals surface area contributed by atoms with Gasteiger partial charge >= 0.3 is 0 Å². The van der Waals surface area contributed by atoms with Crippen LogP contribution in [-0.2, 0) is 12.3 Å². The fraction of sp³-hybridized carbons (Fsp3) is 0.250. The van der Waals surface area contributed by atoms with E-state index < -0.39 is 0 Å². The molecule has 152 valence electrons. The summed E-state index contributed by atoms with van der Waals surface area (Å²) in [7, 11) is 0. The molecule has 30 heavy (non-hydrogen) atoms.